The number of nitrogens with zero attached hydrogens (tertiary/aromatic N) is 2. The molecule has 0 bridgehead atoms. The Morgan fingerprint density at radius 2 is 1.07 bits per heavy atom. The topological polar surface area (TPSA) is 8.81 Å². The molecule has 0 saturated heterocycles. The van der Waals surface area contributed by atoms with Crippen LogP contribution in [-0.2, 0) is 0 Å². The molecule has 1 aromatic heterocycles. The van der Waals surface area contributed by atoms with Crippen molar-refractivity contribution in [3.8, 4) is 11.4 Å². The molecule has 2 aromatic carbocycles. The van der Waals surface area contributed by atoms with Gasteiger partial charge in [0.25, 0.3) is 0 Å². The van der Waals surface area contributed by atoms with Gasteiger partial charge in [0.15, 0.2) is 0 Å². The monoisotopic (exact) mass is 515 g/mol. The molecule has 0 spiro atoms. The maximum absolute atomic E-state index is 2.53. The van der Waals surface area contributed by atoms with Crippen LogP contribution in [0, 0.1) is 3.83 Å². The molecule has 0 amide bonds. The third kappa shape index (κ3) is 4.23. The Hall–Kier alpha value is -1.62. The number of rotatable bonds is 6. The van der Waals surface area contributed by atoms with E-state index >= 15 is 0 Å². The van der Waals surface area contributed by atoms with Crippen molar-refractivity contribution in [2.45, 2.75) is 79.1 Å². The number of aromatic nitrogens is 2. The molecule has 3 heteroatoms. The summed E-state index contributed by atoms with van der Waals surface area (Å²) in [5, 5.41) is 0. The minimum Gasteiger partial charge on any atom is -0.190 e. The lowest BCUT2D eigenvalue weighted by Gasteiger charge is -2.18. The number of halogens is 1. The zero-order valence-corrected chi connectivity index (χ0v) is 21.9. The molecule has 0 aliphatic heterocycles. The van der Waals surface area contributed by atoms with Crippen molar-refractivity contribution >= 4 is 22.6 Å². The lowest BCUT2D eigenvalue weighted by atomic mass is 9.92. The zero-order chi connectivity index (χ0) is 22.2. The molecule has 0 atom stereocenters. The van der Waals surface area contributed by atoms with E-state index in [1.54, 1.807) is 0 Å². The van der Waals surface area contributed by atoms with Gasteiger partial charge in [-0.1, -0.05) is 91.8 Å². The Kier molecular flexibility index (Phi) is 7.11. The van der Waals surface area contributed by atoms with E-state index < -0.39 is 0 Å². The molecular formula is C27H36IN2+. The molecule has 3 aromatic rings. The minimum atomic E-state index is 0.472. The van der Waals surface area contributed by atoms with Gasteiger partial charge < -0.3 is 0 Å². The number of hydrogen-bond donors (Lipinski definition) is 0. The van der Waals surface area contributed by atoms with Gasteiger partial charge in [-0.05, 0) is 23.7 Å². The van der Waals surface area contributed by atoms with Gasteiger partial charge in [0.05, 0.1) is 22.6 Å². The maximum atomic E-state index is 2.53. The Balaban J connectivity index is 2.32. The van der Waals surface area contributed by atoms with Crippen molar-refractivity contribution in [1.82, 2.24) is 4.57 Å². The fourth-order valence-corrected chi connectivity index (χ4v) is 5.09. The molecule has 1 heterocycles. The van der Waals surface area contributed by atoms with Crippen LogP contribution in [0.15, 0.2) is 48.8 Å². The van der Waals surface area contributed by atoms with Crippen LogP contribution < -0.4 is 4.57 Å². The second-order valence-corrected chi connectivity index (χ2v) is 10.5. The van der Waals surface area contributed by atoms with Crippen LogP contribution in [0.4, 0.5) is 0 Å². The first kappa shape index (κ1) is 23.1. The van der Waals surface area contributed by atoms with E-state index in [0.29, 0.717) is 23.7 Å². The van der Waals surface area contributed by atoms with Crippen LogP contribution in [0.1, 0.15) is 101 Å². The molecule has 0 aliphatic carbocycles. The molecule has 0 saturated carbocycles. The normalized spacial score (nSPS) is 12.0. The lowest BCUT2D eigenvalue weighted by Crippen LogP contribution is -2.36. The summed E-state index contributed by atoms with van der Waals surface area (Å²) in [6.45, 7) is 18.3. The highest BCUT2D eigenvalue weighted by atomic mass is 127. The molecule has 0 fully saturated rings. The summed E-state index contributed by atoms with van der Waals surface area (Å²) in [4.78, 5) is 0. The van der Waals surface area contributed by atoms with Gasteiger partial charge in [-0.2, -0.15) is 9.13 Å². The zero-order valence-electron chi connectivity index (χ0n) is 19.7. The molecule has 0 unspecified atom stereocenters. The number of benzene rings is 2. The average molecular weight is 516 g/mol. The summed E-state index contributed by atoms with van der Waals surface area (Å²) >= 11 is 2.53. The minimum absolute atomic E-state index is 0.472. The van der Waals surface area contributed by atoms with E-state index in [9.17, 15) is 0 Å². The smallest absolute Gasteiger partial charge is 0.190 e. The predicted molar refractivity (Wildman–Crippen MR) is 136 cm³/mol. The first-order chi connectivity index (χ1) is 14.1. The van der Waals surface area contributed by atoms with Gasteiger partial charge in [-0.3, -0.25) is 0 Å². The van der Waals surface area contributed by atoms with Gasteiger partial charge in [-0.25, -0.2) is 0 Å². The van der Waals surface area contributed by atoms with Crippen LogP contribution in [-0.4, -0.2) is 4.57 Å². The van der Waals surface area contributed by atoms with Crippen molar-refractivity contribution < 1.29 is 4.57 Å². The van der Waals surface area contributed by atoms with E-state index in [-0.39, 0.29) is 0 Å². The summed E-state index contributed by atoms with van der Waals surface area (Å²) in [6, 6.07) is 13.6. The van der Waals surface area contributed by atoms with Crippen LogP contribution >= 0.6 is 22.6 Å². The van der Waals surface area contributed by atoms with E-state index in [1.165, 1.54) is 37.5 Å². The van der Waals surface area contributed by atoms with E-state index in [1.807, 2.05) is 0 Å². The van der Waals surface area contributed by atoms with Gasteiger partial charge in [0, 0.05) is 22.3 Å². The van der Waals surface area contributed by atoms with E-state index in [2.05, 4.69) is 136 Å². The molecule has 0 N–H and O–H groups in total. The van der Waals surface area contributed by atoms with E-state index in [4.69, 9.17) is 0 Å². The van der Waals surface area contributed by atoms with E-state index in [0.717, 1.165) is 0 Å². The SMILES string of the molecule is CC(C)c1cccc(C(C)C)c1-n1cc[n+](-c2c(C(C)C)cccc2C(C)C)c1I. The van der Waals surface area contributed by atoms with Gasteiger partial charge in [-0.15, -0.1) is 0 Å². The van der Waals surface area contributed by atoms with Crippen LogP contribution in [0.25, 0.3) is 11.4 Å². The predicted octanol–water partition coefficient (Wildman–Crippen LogP) is 7.85. The largest absolute Gasteiger partial charge is 0.327 e. The summed E-state index contributed by atoms with van der Waals surface area (Å²) < 4.78 is 6.01. The molecule has 3 rings (SSSR count). The Labute approximate surface area is 196 Å². The lowest BCUT2D eigenvalue weighted by molar-refractivity contribution is -0.610. The summed E-state index contributed by atoms with van der Waals surface area (Å²) in [7, 11) is 0. The fraction of sp³-hybridized carbons (Fsp3) is 0.444. The molecular weight excluding hydrogens is 479 g/mol. The number of para-hydroxylation sites is 2. The van der Waals surface area contributed by atoms with Crippen molar-refractivity contribution in [1.29, 1.82) is 0 Å². The van der Waals surface area contributed by atoms with Crippen molar-refractivity contribution in [3.05, 3.63) is 74.9 Å². The first-order valence-corrected chi connectivity index (χ1v) is 12.3. The summed E-state index contributed by atoms with van der Waals surface area (Å²) in [5.41, 5.74) is 8.31. The molecule has 0 aliphatic rings. The number of hydrogen-bond acceptors (Lipinski definition) is 0. The molecule has 160 valence electrons. The highest BCUT2D eigenvalue weighted by Crippen LogP contribution is 2.33. The third-order valence-electron chi connectivity index (χ3n) is 5.93. The maximum Gasteiger partial charge on any atom is 0.327 e. The Morgan fingerprint density at radius 3 is 1.47 bits per heavy atom. The number of imidazole rings is 1. The standard InChI is InChI=1S/C27H36IN2/c1-17(2)21-11-9-12-22(18(3)4)25(21)29-15-16-30(27(29)28)26-23(19(5)6)13-10-14-24(26)20(7)8/h9-20H,1-8H3/q+1. The van der Waals surface area contributed by atoms with Crippen molar-refractivity contribution in [2.75, 3.05) is 0 Å². The quantitative estimate of drug-likeness (QED) is 0.234. The highest BCUT2D eigenvalue weighted by molar-refractivity contribution is 14.1. The van der Waals surface area contributed by atoms with Crippen LogP contribution in [0.3, 0.4) is 0 Å². The van der Waals surface area contributed by atoms with Crippen molar-refractivity contribution in [2.24, 2.45) is 0 Å². The molecule has 2 nitrogen and oxygen atoms in total. The fourth-order valence-electron chi connectivity index (χ4n) is 4.29. The summed E-state index contributed by atoms with van der Waals surface area (Å²) in [6.07, 6.45) is 4.49. The van der Waals surface area contributed by atoms with Crippen molar-refractivity contribution in [3.63, 3.8) is 0 Å². The molecule has 30 heavy (non-hydrogen) atoms. The van der Waals surface area contributed by atoms with Gasteiger partial charge >= 0.3 is 3.83 Å². The average Bonchev–Trinajstić information content (AvgIpc) is 3.07. The van der Waals surface area contributed by atoms with Gasteiger partial charge in [0.2, 0.25) is 0 Å². The van der Waals surface area contributed by atoms with Crippen LogP contribution in [0.2, 0.25) is 0 Å². The summed E-state index contributed by atoms with van der Waals surface area (Å²) in [5.74, 6) is 1.89. The third-order valence-corrected chi connectivity index (χ3v) is 6.97. The van der Waals surface area contributed by atoms with Gasteiger partial charge in [0.1, 0.15) is 23.8 Å². The second-order valence-electron chi connectivity index (χ2n) is 9.50. The second kappa shape index (κ2) is 9.25. The highest BCUT2D eigenvalue weighted by Gasteiger charge is 2.28. The Bertz CT molecular complexity index is 892. The Morgan fingerprint density at radius 1 is 0.667 bits per heavy atom. The van der Waals surface area contributed by atoms with Crippen LogP contribution in [0.5, 0.6) is 0 Å². The first-order valence-electron chi connectivity index (χ1n) is 11.2. The molecule has 0 radical (unpaired) electrons.